The molecule has 1 aromatic carbocycles. The van der Waals surface area contributed by atoms with Gasteiger partial charge >= 0.3 is 0 Å². The van der Waals surface area contributed by atoms with Gasteiger partial charge in [-0.25, -0.2) is 8.78 Å². The molecule has 2 aromatic rings. The third-order valence-corrected chi connectivity index (χ3v) is 4.95. The van der Waals surface area contributed by atoms with E-state index in [9.17, 15) is 8.78 Å². The molecule has 0 bridgehead atoms. The summed E-state index contributed by atoms with van der Waals surface area (Å²) in [5, 5.41) is 3.34. The van der Waals surface area contributed by atoms with Crippen molar-refractivity contribution in [1.29, 1.82) is 0 Å². The third-order valence-electron chi connectivity index (χ3n) is 2.85. The lowest BCUT2D eigenvalue weighted by molar-refractivity contribution is 0.498. The quantitative estimate of drug-likeness (QED) is 0.672. The van der Waals surface area contributed by atoms with Crippen LogP contribution in [0.4, 0.5) is 8.78 Å². The number of hydrogen-bond acceptors (Lipinski definition) is 2. The van der Waals surface area contributed by atoms with Crippen molar-refractivity contribution in [2.24, 2.45) is 0 Å². The van der Waals surface area contributed by atoms with Crippen molar-refractivity contribution in [3.8, 4) is 0 Å². The summed E-state index contributed by atoms with van der Waals surface area (Å²) >= 11 is 10.5. The first-order chi connectivity index (χ1) is 9.54. The van der Waals surface area contributed by atoms with Gasteiger partial charge in [0.2, 0.25) is 0 Å². The lowest BCUT2D eigenvalue weighted by Gasteiger charge is -2.19. The Labute approximate surface area is 134 Å². The number of benzene rings is 1. The average Bonchev–Trinajstić information content (AvgIpc) is 2.85. The molecule has 0 amide bonds. The Morgan fingerprint density at radius 3 is 2.65 bits per heavy atom. The Kier molecular flexibility index (Phi) is 5.55. The molecule has 0 saturated heterocycles. The van der Waals surface area contributed by atoms with Crippen LogP contribution < -0.4 is 5.32 Å². The van der Waals surface area contributed by atoms with Crippen molar-refractivity contribution in [2.75, 3.05) is 6.54 Å². The molecule has 0 aliphatic carbocycles. The second kappa shape index (κ2) is 6.98. The lowest BCUT2D eigenvalue weighted by Crippen LogP contribution is -2.23. The molecule has 0 saturated carbocycles. The maximum Gasteiger partial charge on any atom is 0.173 e. The van der Waals surface area contributed by atoms with E-state index in [1.165, 1.54) is 11.3 Å². The van der Waals surface area contributed by atoms with Crippen molar-refractivity contribution in [2.45, 2.75) is 19.4 Å². The normalized spacial score (nSPS) is 12.7. The third kappa shape index (κ3) is 3.39. The van der Waals surface area contributed by atoms with Gasteiger partial charge in [-0.1, -0.05) is 24.6 Å². The highest BCUT2D eigenvalue weighted by molar-refractivity contribution is 9.10. The van der Waals surface area contributed by atoms with E-state index in [2.05, 4.69) is 21.2 Å². The second-order valence-corrected chi connectivity index (χ2v) is 6.83. The summed E-state index contributed by atoms with van der Waals surface area (Å²) in [4.78, 5) is 0.968. The van der Waals surface area contributed by atoms with Gasteiger partial charge in [-0.2, -0.15) is 0 Å². The molecule has 1 heterocycles. The second-order valence-electron chi connectivity index (χ2n) is 4.29. The van der Waals surface area contributed by atoms with Gasteiger partial charge in [-0.05, 0) is 52.7 Å². The van der Waals surface area contributed by atoms with E-state index in [1.54, 1.807) is 12.1 Å². The van der Waals surface area contributed by atoms with Crippen molar-refractivity contribution < 1.29 is 8.78 Å². The molecule has 1 aromatic heterocycles. The molecular formula is C14H13BrClF2NS. The van der Waals surface area contributed by atoms with Crippen LogP contribution >= 0.6 is 38.9 Å². The number of nitrogens with one attached hydrogen (secondary N) is 1. The molecule has 0 aliphatic rings. The zero-order valence-corrected chi connectivity index (χ0v) is 13.9. The monoisotopic (exact) mass is 379 g/mol. The maximum atomic E-state index is 13.7. The first-order valence-corrected chi connectivity index (χ1v) is 8.15. The van der Waals surface area contributed by atoms with Crippen LogP contribution in [0.2, 0.25) is 4.34 Å². The minimum Gasteiger partial charge on any atom is -0.306 e. The Hall–Kier alpha value is -0.490. The molecule has 108 valence electrons. The minimum atomic E-state index is -0.867. The first kappa shape index (κ1) is 15.9. The van der Waals surface area contributed by atoms with E-state index in [0.29, 0.717) is 9.90 Å². The number of rotatable bonds is 5. The van der Waals surface area contributed by atoms with Crippen LogP contribution in [-0.4, -0.2) is 6.54 Å². The topological polar surface area (TPSA) is 12.0 Å². The van der Waals surface area contributed by atoms with E-state index >= 15 is 0 Å². The summed E-state index contributed by atoms with van der Waals surface area (Å²) in [7, 11) is 0. The summed E-state index contributed by atoms with van der Waals surface area (Å²) in [5.41, 5.74) is 0.663. The molecule has 20 heavy (non-hydrogen) atoms. The molecule has 0 aliphatic heterocycles. The van der Waals surface area contributed by atoms with Gasteiger partial charge in [0.1, 0.15) is 0 Å². The van der Waals surface area contributed by atoms with E-state index < -0.39 is 11.6 Å². The standard InChI is InChI=1S/C14H13BrClF2NS/c1-2-7-19-14(10-5-6-11(16)20-10)8-3-4-9(17)13(18)12(8)15/h3-6,14,19H,2,7H2,1H3. The van der Waals surface area contributed by atoms with E-state index in [-0.39, 0.29) is 10.5 Å². The minimum absolute atomic E-state index is 0.149. The van der Waals surface area contributed by atoms with Crippen molar-refractivity contribution in [3.05, 3.63) is 55.1 Å². The van der Waals surface area contributed by atoms with Gasteiger partial charge in [0.25, 0.3) is 0 Å². The van der Waals surface area contributed by atoms with E-state index in [1.807, 2.05) is 13.0 Å². The smallest absolute Gasteiger partial charge is 0.173 e. The molecule has 1 atom stereocenters. The Bertz CT molecular complexity index is 603. The number of halogens is 4. The lowest BCUT2D eigenvalue weighted by atomic mass is 10.0. The molecule has 0 spiro atoms. The summed E-state index contributed by atoms with van der Waals surface area (Å²) < 4.78 is 27.8. The van der Waals surface area contributed by atoms with Crippen LogP contribution in [0.3, 0.4) is 0 Å². The highest BCUT2D eigenvalue weighted by Crippen LogP contribution is 2.35. The predicted octanol–water partition coefficient (Wildman–Crippen LogP) is 5.53. The van der Waals surface area contributed by atoms with Gasteiger partial charge in [0, 0.05) is 4.88 Å². The van der Waals surface area contributed by atoms with E-state index in [0.717, 1.165) is 23.9 Å². The maximum absolute atomic E-state index is 13.7. The molecule has 1 N–H and O–H groups in total. The van der Waals surface area contributed by atoms with Gasteiger partial charge in [0.15, 0.2) is 11.6 Å². The Morgan fingerprint density at radius 1 is 1.30 bits per heavy atom. The highest BCUT2D eigenvalue weighted by atomic mass is 79.9. The van der Waals surface area contributed by atoms with Gasteiger partial charge in [0.05, 0.1) is 14.9 Å². The van der Waals surface area contributed by atoms with Crippen molar-refractivity contribution in [1.82, 2.24) is 5.32 Å². The summed E-state index contributed by atoms with van der Waals surface area (Å²) in [6.07, 6.45) is 0.941. The molecule has 0 radical (unpaired) electrons. The van der Waals surface area contributed by atoms with Crippen LogP contribution in [0.1, 0.15) is 29.8 Å². The van der Waals surface area contributed by atoms with Crippen LogP contribution in [0.15, 0.2) is 28.7 Å². The van der Waals surface area contributed by atoms with Gasteiger partial charge in [-0.15, -0.1) is 11.3 Å². The number of hydrogen-bond donors (Lipinski definition) is 1. The fourth-order valence-corrected chi connectivity index (χ4v) is 3.61. The van der Waals surface area contributed by atoms with Crippen LogP contribution in [-0.2, 0) is 0 Å². The fraction of sp³-hybridized carbons (Fsp3) is 0.286. The highest BCUT2D eigenvalue weighted by Gasteiger charge is 2.21. The molecule has 2 rings (SSSR count). The van der Waals surface area contributed by atoms with Crippen LogP contribution in [0.25, 0.3) is 0 Å². The Morgan fingerprint density at radius 2 is 2.05 bits per heavy atom. The van der Waals surface area contributed by atoms with Crippen LogP contribution in [0.5, 0.6) is 0 Å². The van der Waals surface area contributed by atoms with Gasteiger partial charge < -0.3 is 5.32 Å². The average molecular weight is 381 g/mol. The summed E-state index contributed by atoms with van der Waals surface area (Å²) in [6.45, 7) is 2.82. The van der Waals surface area contributed by atoms with Crippen molar-refractivity contribution in [3.63, 3.8) is 0 Å². The summed E-state index contributed by atoms with van der Waals surface area (Å²) in [5.74, 6) is -1.73. The molecule has 0 fully saturated rings. The first-order valence-electron chi connectivity index (χ1n) is 6.16. The zero-order valence-electron chi connectivity index (χ0n) is 10.7. The summed E-state index contributed by atoms with van der Waals surface area (Å²) in [6, 6.07) is 6.22. The molecule has 6 heteroatoms. The predicted molar refractivity (Wildman–Crippen MR) is 83.5 cm³/mol. The van der Waals surface area contributed by atoms with E-state index in [4.69, 9.17) is 11.6 Å². The van der Waals surface area contributed by atoms with Gasteiger partial charge in [-0.3, -0.25) is 0 Å². The fourth-order valence-electron chi connectivity index (χ4n) is 1.90. The number of thiophene rings is 1. The Balaban J connectivity index is 2.43. The molecule has 1 nitrogen and oxygen atoms in total. The van der Waals surface area contributed by atoms with Crippen LogP contribution in [0, 0.1) is 11.6 Å². The molecular weight excluding hydrogens is 368 g/mol. The SMILES string of the molecule is CCCNC(c1ccc(Cl)s1)c1ccc(F)c(F)c1Br. The zero-order chi connectivity index (χ0) is 14.7. The largest absolute Gasteiger partial charge is 0.306 e. The molecule has 1 unspecified atom stereocenters. The van der Waals surface area contributed by atoms with Crippen molar-refractivity contribution >= 4 is 38.9 Å².